The largest absolute Gasteiger partial charge is 0.493 e. The summed E-state index contributed by atoms with van der Waals surface area (Å²) in [6.45, 7) is 1.32. The number of carbonyl (C=O) groups is 3. The molecule has 3 rings (SSSR count). The number of methoxy groups -OCH3 is 1. The van der Waals surface area contributed by atoms with E-state index in [0.717, 1.165) is 0 Å². The Bertz CT molecular complexity index is 1560. The van der Waals surface area contributed by atoms with Crippen LogP contribution < -0.4 is 19.6 Å². The van der Waals surface area contributed by atoms with Gasteiger partial charge in [-0.2, -0.15) is 13.7 Å². The van der Waals surface area contributed by atoms with E-state index in [1.807, 2.05) is 0 Å². The van der Waals surface area contributed by atoms with Gasteiger partial charge in [0.2, 0.25) is 5.91 Å². The molecule has 0 aliphatic rings. The summed E-state index contributed by atoms with van der Waals surface area (Å²) in [6.07, 6.45) is 1.22. The maximum absolute atomic E-state index is 12.8. The molecule has 0 aliphatic carbocycles. The highest BCUT2D eigenvalue weighted by Crippen LogP contribution is 2.32. The van der Waals surface area contributed by atoms with Gasteiger partial charge in [0.05, 0.1) is 12.7 Å². The number of nitriles is 1. The molecule has 2 amide bonds. The fourth-order valence-electron chi connectivity index (χ4n) is 3.13. The van der Waals surface area contributed by atoms with Crippen LogP contribution in [0.5, 0.6) is 11.5 Å². The third-order valence-electron chi connectivity index (χ3n) is 4.92. The van der Waals surface area contributed by atoms with Crippen LogP contribution in [0.2, 0.25) is 0 Å². The van der Waals surface area contributed by atoms with Crippen molar-refractivity contribution in [2.75, 3.05) is 17.7 Å². The molecule has 3 aromatic carbocycles. The van der Waals surface area contributed by atoms with Crippen LogP contribution in [0.15, 0.2) is 77.2 Å². The second-order valence-corrected chi connectivity index (χ2v) is 9.21. The first-order chi connectivity index (χ1) is 18.0. The summed E-state index contributed by atoms with van der Waals surface area (Å²) in [5.74, 6) is -2.30. The van der Waals surface area contributed by atoms with Gasteiger partial charge in [-0.3, -0.25) is 9.59 Å². The SMILES string of the molecule is COc1ccc(/C=C(\C#N)C(=O)Nc2ccc(C(=O)O)cc2)cc1OS(=O)(=O)c1ccc(NC(C)=O)cc1. The predicted molar refractivity (Wildman–Crippen MR) is 137 cm³/mol. The number of nitrogens with zero attached hydrogens (tertiary/aromatic N) is 1. The Morgan fingerprint density at radius 3 is 2.08 bits per heavy atom. The second kappa shape index (κ2) is 11.7. The number of hydrogen-bond donors (Lipinski definition) is 3. The molecular formula is C26H21N3O8S. The van der Waals surface area contributed by atoms with E-state index in [1.165, 1.54) is 86.8 Å². The van der Waals surface area contributed by atoms with Crippen molar-refractivity contribution < 1.29 is 36.8 Å². The summed E-state index contributed by atoms with van der Waals surface area (Å²) in [5.41, 5.74) is 0.671. The number of carboxylic acids is 1. The van der Waals surface area contributed by atoms with Crippen molar-refractivity contribution in [1.82, 2.24) is 0 Å². The van der Waals surface area contributed by atoms with Gasteiger partial charge in [-0.15, -0.1) is 0 Å². The van der Waals surface area contributed by atoms with Crippen LogP contribution in [0.3, 0.4) is 0 Å². The summed E-state index contributed by atoms with van der Waals surface area (Å²) in [7, 11) is -2.99. The molecule has 0 spiro atoms. The van der Waals surface area contributed by atoms with Gasteiger partial charge in [-0.25, -0.2) is 4.79 Å². The van der Waals surface area contributed by atoms with Crippen molar-refractivity contribution in [3.05, 3.63) is 83.4 Å². The van der Waals surface area contributed by atoms with Crippen LogP contribution in [0.1, 0.15) is 22.8 Å². The number of nitrogens with one attached hydrogen (secondary N) is 2. The molecule has 0 radical (unpaired) electrons. The van der Waals surface area contributed by atoms with E-state index in [1.54, 1.807) is 6.07 Å². The number of ether oxygens (including phenoxy) is 1. The molecule has 0 aromatic heterocycles. The number of aromatic carboxylic acids is 1. The van der Waals surface area contributed by atoms with E-state index in [4.69, 9.17) is 14.0 Å². The zero-order valence-corrected chi connectivity index (χ0v) is 20.9. The molecule has 3 N–H and O–H groups in total. The molecule has 0 aliphatic heterocycles. The molecule has 0 unspecified atom stereocenters. The van der Waals surface area contributed by atoms with Gasteiger partial charge in [0, 0.05) is 18.3 Å². The minimum absolute atomic E-state index is 0.0310. The summed E-state index contributed by atoms with van der Waals surface area (Å²) in [5, 5.41) is 23.5. The number of benzene rings is 3. The maximum Gasteiger partial charge on any atom is 0.339 e. The minimum Gasteiger partial charge on any atom is -0.493 e. The molecule has 11 nitrogen and oxygen atoms in total. The Balaban J connectivity index is 1.84. The van der Waals surface area contributed by atoms with Crippen molar-refractivity contribution in [1.29, 1.82) is 5.26 Å². The van der Waals surface area contributed by atoms with E-state index < -0.39 is 22.0 Å². The van der Waals surface area contributed by atoms with E-state index in [-0.39, 0.29) is 44.7 Å². The highest BCUT2D eigenvalue weighted by Gasteiger charge is 2.20. The van der Waals surface area contributed by atoms with Crippen LogP contribution >= 0.6 is 0 Å². The first kappa shape index (κ1) is 27.4. The Kier molecular flexibility index (Phi) is 8.46. The maximum atomic E-state index is 12.8. The lowest BCUT2D eigenvalue weighted by Crippen LogP contribution is -2.13. The Hall–Kier alpha value is -5.15. The lowest BCUT2D eigenvalue weighted by Gasteiger charge is -2.12. The quantitative estimate of drug-likeness (QED) is 0.210. The van der Waals surface area contributed by atoms with Gasteiger partial charge in [0.1, 0.15) is 16.5 Å². The van der Waals surface area contributed by atoms with Gasteiger partial charge >= 0.3 is 16.1 Å². The predicted octanol–water partition coefficient (Wildman–Crippen LogP) is 3.67. The van der Waals surface area contributed by atoms with Crippen LogP contribution in [0, 0.1) is 11.3 Å². The van der Waals surface area contributed by atoms with Gasteiger partial charge in [-0.05, 0) is 72.3 Å². The van der Waals surface area contributed by atoms with E-state index >= 15 is 0 Å². The monoisotopic (exact) mass is 535 g/mol. The lowest BCUT2D eigenvalue weighted by molar-refractivity contribution is -0.114. The van der Waals surface area contributed by atoms with Crippen molar-refractivity contribution in [2.45, 2.75) is 11.8 Å². The average Bonchev–Trinajstić information content (AvgIpc) is 2.87. The zero-order chi connectivity index (χ0) is 27.9. The molecule has 3 aromatic rings. The molecule has 12 heteroatoms. The number of anilines is 2. The molecule has 0 heterocycles. The van der Waals surface area contributed by atoms with E-state index in [9.17, 15) is 28.1 Å². The number of rotatable bonds is 9. The highest BCUT2D eigenvalue weighted by atomic mass is 32.2. The van der Waals surface area contributed by atoms with Gasteiger partial charge in [-0.1, -0.05) is 6.07 Å². The van der Waals surface area contributed by atoms with Crippen molar-refractivity contribution in [3.8, 4) is 17.6 Å². The molecule has 0 bridgehead atoms. The van der Waals surface area contributed by atoms with Gasteiger partial charge < -0.3 is 24.7 Å². The summed E-state index contributed by atoms with van der Waals surface area (Å²) in [6, 6.07) is 16.7. The summed E-state index contributed by atoms with van der Waals surface area (Å²) in [4.78, 5) is 34.5. The number of amides is 2. The smallest absolute Gasteiger partial charge is 0.339 e. The third kappa shape index (κ3) is 6.96. The van der Waals surface area contributed by atoms with Crippen LogP contribution in [0.25, 0.3) is 6.08 Å². The van der Waals surface area contributed by atoms with E-state index in [0.29, 0.717) is 5.69 Å². The van der Waals surface area contributed by atoms with Crippen LogP contribution in [-0.2, 0) is 19.7 Å². The third-order valence-corrected chi connectivity index (χ3v) is 6.16. The fraction of sp³-hybridized carbons (Fsp3) is 0.0769. The number of carbonyl (C=O) groups excluding carboxylic acids is 2. The standard InChI is InChI=1S/C26H21N3O8S/c1-16(30)28-20-8-10-22(11-9-20)38(34,35)37-24-14-17(3-12-23(24)36-2)13-19(15-27)25(31)29-21-6-4-18(5-7-21)26(32)33/h3-14H,1-2H3,(H,28,30)(H,29,31)(H,32,33)/b19-13+. The van der Waals surface area contributed by atoms with Crippen molar-refractivity contribution >= 4 is 45.4 Å². The Morgan fingerprint density at radius 1 is 0.921 bits per heavy atom. The molecule has 0 atom stereocenters. The normalized spacial score (nSPS) is 11.1. The van der Waals surface area contributed by atoms with Crippen molar-refractivity contribution in [2.24, 2.45) is 0 Å². The molecule has 38 heavy (non-hydrogen) atoms. The average molecular weight is 536 g/mol. The van der Waals surface area contributed by atoms with E-state index in [2.05, 4.69) is 10.6 Å². The lowest BCUT2D eigenvalue weighted by atomic mass is 10.1. The van der Waals surface area contributed by atoms with Gasteiger partial charge in [0.25, 0.3) is 5.91 Å². The first-order valence-corrected chi connectivity index (χ1v) is 12.2. The Morgan fingerprint density at radius 2 is 1.53 bits per heavy atom. The fourth-order valence-corrected chi connectivity index (χ4v) is 4.06. The van der Waals surface area contributed by atoms with Crippen LogP contribution in [-0.4, -0.2) is 38.4 Å². The second-order valence-electron chi connectivity index (χ2n) is 7.66. The highest BCUT2D eigenvalue weighted by molar-refractivity contribution is 7.87. The zero-order valence-electron chi connectivity index (χ0n) is 20.1. The summed E-state index contributed by atoms with van der Waals surface area (Å²) >= 11 is 0. The minimum atomic E-state index is -4.31. The Labute approximate surface area is 218 Å². The topological polar surface area (TPSA) is 172 Å². The molecule has 0 saturated heterocycles. The molecule has 0 fully saturated rings. The van der Waals surface area contributed by atoms with Crippen molar-refractivity contribution in [3.63, 3.8) is 0 Å². The first-order valence-electron chi connectivity index (χ1n) is 10.8. The number of hydrogen-bond acceptors (Lipinski definition) is 8. The summed E-state index contributed by atoms with van der Waals surface area (Å²) < 4.78 is 36.1. The van der Waals surface area contributed by atoms with Crippen LogP contribution in [0.4, 0.5) is 11.4 Å². The van der Waals surface area contributed by atoms with Gasteiger partial charge in [0.15, 0.2) is 11.5 Å². The molecule has 0 saturated carbocycles. The molecular weight excluding hydrogens is 514 g/mol. The number of carboxylic acid groups (broad SMARTS) is 1. The molecule has 194 valence electrons.